The molecule has 7 aromatic rings. The molecule has 0 spiro atoms. The van der Waals surface area contributed by atoms with Crippen LogP contribution in [-0.4, -0.2) is 14.1 Å². The summed E-state index contributed by atoms with van der Waals surface area (Å²) >= 11 is 0. The number of imidazole rings is 1. The third-order valence-corrected chi connectivity index (χ3v) is 9.60. The molecule has 0 fully saturated rings. The van der Waals surface area contributed by atoms with E-state index in [1.165, 1.54) is 49.8 Å². The van der Waals surface area contributed by atoms with Crippen LogP contribution in [0.15, 0.2) is 97.5 Å². The van der Waals surface area contributed by atoms with E-state index in [0.29, 0.717) is 0 Å². The Labute approximate surface area is 271 Å². The van der Waals surface area contributed by atoms with E-state index in [-0.39, 0.29) is 5.41 Å². The van der Waals surface area contributed by atoms with Gasteiger partial charge in [-0.3, -0.25) is 13.7 Å². The Kier molecular flexibility index (Phi) is 7.08. The van der Waals surface area contributed by atoms with Crippen molar-refractivity contribution >= 4 is 21.8 Å². The second-order valence-corrected chi connectivity index (χ2v) is 13.4. The lowest BCUT2D eigenvalue weighted by molar-refractivity contribution is -0.600. The summed E-state index contributed by atoms with van der Waals surface area (Å²) in [6.45, 7) is 17.7. The predicted molar refractivity (Wildman–Crippen MR) is 187 cm³/mol. The quantitative estimate of drug-likeness (QED) is 0.145. The number of fused-ring (bicyclic) bond motifs is 3. The number of aromatic nitrogens is 4. The van der Waals surface area contributed by atoms with Crippen LogP contribution in [0, 0.1) is 40.9 Å². The molecule has 0 N–H and O–H groups in total. The van der Waals surface area contributed by atoms with Crippen molar-refractivity contribution in [3.8, 4) is 28.7 Å². The van der Waals surface area contributed by atoms with Crippen molar-refractivity contribution in [1.82, 2.24) is 14.1 Å². The van der Waals surface area contributed by atoms with Gasteiger partial charge in [-0.1, -0.05) is 45.0 Å². The summed E-state index contributed by atoms with van der Waals surface area (Å²) in [6, 6.07) is 27.3. The van der Waals surface area contributed by atoms with E-state index in [0.717, 1.165) is 34.0 Å². The predicted octanol–water partition coefficient (Wildman–Crippen LogP) is 9.68. The number of para-hydroxylation sites is 1. The smallest absolute Gasteiger partial charge is 0.268 e. The number of hydrogen-bond acceptors (Lipinski definition) is 2. The molecular weight excluding hydrogens is 564 g/mol. The molecule has 3 heterocycles. The van der Waals surface area contributed by atoms with Crippen molar-refractivity contribution in [2.24, 2.45) is 0 Å². The molecule has 0 radical (unpaired) electrons. The Balaban J connectivity index is 1.26. The first-order valence-electron chi connectivity index (χ1n) is 15.9. The lowest BCUT2D eigenvalue weighted by Crippen LogP contribution is -2.31. The summed E-state index contributed by atoms with van der Waals surface area (Å²) in [7, 11) is 0. The van der Waals surface area contributed by atoms with E-state index in [9.17, 15) is 0 Å². The van der Waals surface area contributed by atoms with Crippen LogP contribution >= 0.6 is 0 Å². The Bertz CT molecular complexity index is 2250. The zero-order chi connectivity index (χ0) is 32.3. The van der Waals surface area contributed by atoms with Crippen molar-refractivity contribution in [2.75, 3.05) is 0 Å². The number of hydrogen-bond donors (Lipinski definition) is 0. The zero-order valence-electron chi connectivity index (χ0n) is 27.9. The maximum Gasteiger partial charge on any atom is 0.268 e. The molecular formula is C41H40N4O. The first-order valence-corrected chi connectivity index (χ1v) is 15.9. The third kappa shape index (κ3) is 4.96. The molecule has 0 saturated carbocycles. The monoisotopic (exact) mass is 604 g/mol. The highest BCUT2D eigenvalue weighted by Gasteiger charge is 2.19. The van der Waals surface area contributed by atoms with Gasteiger partial charge in [0, 0.05) is 35.4 Å². The van der Waals surface area contributed by atoms with Crippen LogP contribution in [0.3, 0.4) is 0 Å². The standard InChI is InChI=1S/C41H40N4O/c1-26-27(2)29(4)40(30(5)28(26)3)44-21-20-43(25-44)32-12-11-13-33(23-32)46-34-16-17-36-35-14-9-10-15-37(35)45(38(36)24-34)39-22-31(18-19-42-39)41(6,7)8/h9-24H,1-8H3. The molecule has 5 heteroatoms. The summed E-state index contributed by atoms with van der Waals surface area (Å²) < 4.78 is 12.9. The molecule has 46 heavy (non-hydrogen) atoms. The first-order chi connectivity index (χ1) is 22.0. The molecule has 4 aromatic carbocycles. The number of ether oxygens (including phenoxy) is 1. The highest BCUT2D eigenvalue weighted by atomic mass is 16.5. The highest BCUT2D eigenvalue weighted by Crippen LogP contribution is 2.36. The fraction of sp³-hybridized carbons (Fsp3) is 0.220. The molecule has 0 aliphatic rings. The molecule has 3 aromatic heterocycles. The fourth-order valence-corrected chi connectivity index (χ4v) is 6.53. The summed E-state index contributed by atoms with van der Waals surface area (Å²) in [6.07, 6.45) is 9.57. The van der Waals surface area contributed by atoms with Crippen LogP contribution in [0.25, 0.3) is 39.0 Å². The van der Waals surface area contributed by atoms with Crippen molar-refractivity contribution in [2.45, 2.75) is 60.8 Å². The molecule has 0 unspecified atom stereocenters. The number of pyridine rings is 1. The number of rotatable bonds is 5. The minimum atomic E-state index is 0.0157. The molecule has 5 nitrogen and oxygen atoms in total. The van der Waals surface area contributed by atoms with Crippen LogP contribution in [-0.2, 0) is 5.41 Å². The van der Waals surface area contributed by atoms with Crippen molar-refractivity contribution in [3.63, 3.8) is 0 Å². The van der Waals surface area contributed by atoms with Gasteiger partial charge in [-0.05, 0) is 122 Å². The fourth-order valence-electron chi connectivity index (χ4n) is 6.53. The zero-order valence-corrected chi connectivity index (χ0v) is 27.9. The Hall–Kier alpha value is -5.16. The Morgan fingerprint density at radius 2 is 1.39 bits per heavy atom. The van der Waals surface area contributed by atoms with E-state index in [1.54, 1.807) is 0 Å². The van der Waals surface area contributed by atoms with Gasteiger partial charge in [0.25, 0.3) is 6.33 Å². The Morgan fingerprint density at radius 1 is 0.696 bits per heavy atom. The van der Waals surface area contributed by atoms with Crippen LogP contribution in [0.5, 0.6) is 11.5 Å². The molecule has 0 bridgehead atoms. The van der Waals surface area contributed by atoms with Crippen molar-refractivity contribution < 1.29 is 9.30 Å². The van der Waals surface area contributed by atoms with Gasteiger partial charge in [0.1, 0.15) is 17.3 Å². The second-order valence-electron chi connectivity index (χ2n) is 13.4. The van der Waals surface area contributed by atoms with E-state index < -0.39 is 0 Å². The highest BCUT2D eigenvalue weighted by molar-refractivity contribution is 6.09. The van der Waals surface area contributed by atoms with Crippen LogP contribution in [0.4, 0.5) is 0 Å². The average molecular weight is 605 g/mol. The SMILES string of the molecule is Cc1c(C)c(C)c(-[n+]2[c-]n(-c3cccc(Oc4ccc5c6ccccc6n(-c6cc(C(C)(C)C)ccn6)c5c4)c3)cc2)c(C)c1C. The largest absolute Gasteiger partial charge is 0.458 e. The van der Waals surface area contributed by atoms with E-state index in [4.69, 9.17) is 9.72 Å². The van der Waals surface area contributed by atoms with Gasteiger partial charge >= 0.3 is 0 Å². The summed E-state index contributed by atoms with van der Waals surface area (Å²) in [5.74, 6) is 2.43. The van der Waals surface area contributed by atoms with Gasteiger partial charge in [-0.25, -0.2) is 4.98 Å². The van der Waals surface area contributed by atoms with Crippen molar-refractivity contribution in [3.05, 3.63) is 137 Å². The maximum absolute atomic E-state index is 6.52. The second kappa shape index (κ2) is 11.0. The van der Waals surface area contributed by atoms with Gasteiger partial charge in [0.05, 0.1) is 22.4 Å². The van der Waals surface area contributed by atoms with Gasteiger partial charge in [0.15, 0.2) is 0 Å². The van der Waals surface area contributed by atoms with Gasteiger partial charge in [0.2, 0.25) is 0 Å². The van der Waals surface area contributed by atoms with Crippen LogP contribution in [0.2, 0.25) is 0 Å². The van der Waals surface area contributed by atoms with Gasteiger partial charge < -0.3 is 4.74 Å². The lowest BCUT2D eigenvalue weighted by atomic mass is 9.88. The summed E-state index contributed by atoms with van der Waals surface area (Å²) in [4.78, 5) is 4.82. The molecule has 7 rings (SSSR count). The lowest BCUT2D eigenvalue weighted by Gasteiger charge is -2.20. The van der Waals surface area contributed by atoms with E-state index >= 15 is 0 Å². The first kappa shape index (κ1) is 29.5. The summed E-state index contributed by atoms with van der Waals surface area (Å²) in [5.41, 5.74) is 12.2. The molecule has 0 amide bonds. The van der Waals surface area contributed by atoms with Gasteiger partial charge in [-0.2, -0.15) is 0 Å². The molecule has 230 valence electrons. The number of benzene rings is 4. The summed E-state index contributed by atoms with van der Waals surface area (Å²) in [5, 5.41) is 2.35. The molecule has 0 saturated heterocycles. The minimum absolute atomic E-state index is 0.0157. The molecule has 0 aliphatic carbocycles. The van der Waals surface area contributed by atoms with Crippen molar-refractivity contribution in [1.29, 1.82) is 0 Å². The van der Waals surface area contributed by atoms with Gasteiger partial charge in [-0.15, -0.1) is 0 Å². The maximum atomic E-state index is 6.52. The topological polar surface area (TPSA) is 35.9 Å². The number of nitrogens with zero attached hydrogens (tertiary/aromatic N) is 4. The van der Waals surface area contributed by atoms with E-state index in [1.807, 2.05) is 35.2 Å². The minimum Gasteiger partial charge on any atom is -0.458 e. The molecule has 0 aliphatic heterocycles. The van der Waals surface area contributed by atoms with E-state index in [2.05, 4.69) is 138 Å². The third-order valence-electron chi connectivity index (χ3n) is 9.60. The average Bonchev–Trinajstić information content (AvgIpc) is 3.66. The van der Waals surface area contributed by atoms with Crippen LogP contribution in [0.1, 0.15) is 54.2 Å². The molecule has 0 atom stereocenters. The normalized spacial score (nSPS) is 11.9. The van der Waals surface area contributed by atoms with Crippen LogP contribution < -0.4 is 9.30 Å². The Morgan fingerprint density at radius 3 is 2.15 bits per heavy atom.